The Balaban J connectivity index is 1.72. The lowest BCUT2D eigenvalue weighted by Gasteiger charge is -2.42. The van der Waals surface area contributed by atoms with E-state index in [0.717, 1.165) is 29.5 Å². The van der Waals surface area contributed by atoms with E-state index in [1.165, 1.54) is 25.7 Å². The summed E-state index contributed by atoms with van der Waals surface area (Å²) in [5, 5.41) is 0. The van der Waals surface area contributed by atoms with Gasteiger partial charge in [0.1, 0.15) is 12.1 Å². The van der Waals surface area contributed by atoms with Crippen LogP contribution in [0.4, 0.5) is 0 Å². The molecule has 202 valence electrons. The van der Waals surface area contributed by atoms with Crippen molar-refractivity contribution in [1.29, 1.82) is 0 Å². The fraction of sp³-hybridized carbons (Fsp3) is 0.533. The van der Waals surface area contributed by atoms with Crippen LogP contribution in [0.15, 0.2) is 36.4 Å². The number of amides is 2. The molecule has 0 spiro atoms. The first-order valence-electron chi connectivity index (χ1n) is 13.3. The molecule has 1 saturated heterocycles. The van der Waals surface area contributed by atoms with Gasteiger partial charge in [-0.05, 0) is 42.2 Å². The summed E-state index contributed by atoms with van der Waals surface area (Å²) in [5.41, 5.74) is 2.92. The van der Waals surface area contributed by atoms with E-state index in [1.54, 1.807) is 38.2 Å². The number of hydrogen-bond acceptors (Lipinski definition) is 5. The molecule has 0 saturated carbocycles. The molecule has 2 amide bonds. The van der Waals surface area contributed by atoms with Crippen molar-refractivity contribution in [2.24, 2.45) is 0 Å². The summed E-state index contributed by atoms with van der Waals surface area (Å²) < 4.78 is 16.4. The first-order chi connectivity index (χ1) is 17.9. The summed E-state index contributed by atoms with van der Waals surface area (Å²) in [5.74, 6) is 1.77. The zero-order valence-corrected chi connectivity index (χ0v) is 23.2. The van der Waals surface area contributed by atoms with Crippen LogP contribution in [0.1, 0.15) is 57.9 Å². The van der Waals surface area contributed by atoms with E-state index in [-0.39, 0.29) is 11.8 Å². The number of likely N-dealkylation sites (N-methyl/N-ethyl adjacent to an activating group) is 1. The molecule has 1 aliphatic rings. The van der Waals surface area contributed by atoms with Gasteiger partial charge in [-0.2, -0.15) is 0 Å². The Morgan fingerprint density at radius 3 is 1.95 bits per heavy atom. The normalized spacial score (nSPS) is 17.8. The summed E-state index contributed by atoms with van der Waals surface area (Å²) in [7, 11) is 6.52. The maximum atomic E-state index is 13.4. The fourth-order valence-corrected chi connectivity index (χ4v) is 5.02. The monoisotopic (exact) mass is 510 g/mol. The smallest absolute Gasteiger partial charge is 0.246 e. The second-order valence-corrected chi connectivity index (χ2v) is 9.76. The van der Waals surface area contributed by atoms with Crippen LogP contribution in [0.25, 0.3) is 11.1 Å². The minimum atomic E-state index is -0.490. The summed E-state index contributed by atoms with van der Waals surface area (Å²) in [6.07, 6.45) is 7.39. The van der Waals surface area contributed by atoms with Crippen LogP contribution in [0.3, 0.4) is 0 Å². The second kappa shape index (κ2) is 13.4. The van der Waals surface area contributed by atoms with Crippen LogP contribution in [-0.2, 0) is 16.0 Å². The van der Waals surface area contributed by atoms with Crippen molar-refractivity contribution >= 4 is 11.8 Å². The largest absolute Gasteiger partial charge is 0.493 e. The Kier molecular flexibility index (Phi) is 10.2. The zero-order valence-electron chi connectivity index (χ0n) is 23.2. The Morgan fingerprint density at radius 2 is 1.38 bits per heavy atom. The Labute approximate surface area is 221 Å². The maximum absolute atomic E-state index is 13.4. The van der Waals surface area contributed by atoms with E-state index in [2.05, 4.69) is 6.92 Å². The molecule has 1 heterocycles. The van der Waals surface area contributed by atoms with Gasteiger partial charge in [-0.1, -0.05) is 63.3 Å². The predicted octanol–water partition coefficient (Wildman–Crippen LogP) is 5.34. The Hall–Kier alpha value is -3.22. The van der Waals surface area contributed by atoms with Gasteiger partial charge in [-0.15, -0.1) is 0 Å². The highest BCUT2D eigenvalue weighted by atomic mass is 16.5. The quantitative estimate of drug-likeness (QED) is 0.340. The van der Waals surface area contributed by atoms with E-state index in [4.69, 9.17) is 14.2 Å². The maximum Gasteiger partial charge on any atom is 0.246 e. The number of ether oxygens (including phenoxy) is 3. The van der Waals surface area contributed by atoms with Gasteiger partial charge in [-0.25, -0.2) is 0 Å². The molecule has 0 radical (unpaired) electrons. The van der Waals surface area contributed by atoms with Gasteiger partial charge in [0.05, 0.1) is 21.3 Å². The zero-order chi connectivity index (χ0) is 26.9. The SMILES string of the molecule is CCCCCCCCN1C(=O)[C@H](Cc2ccc(-c3cc(OC)c(OC)c(OC)c3)cc2)N(C)C(=O)[C@H]1C. The third-order valence-corrected chi connectivity index (χ3v) is 7.34. The van der Waals surface area contributed by atoms with Gasteiger partial charge < -0.3 is 24.0 Å². The van der Waals surface area contributed by atoms with Crippen LogP contribution < -0.4 is 14.2 Å². The predicted molar refractivity (Wildman–Crippen MR) is 146 cm³/mol. The average Bonchev–Trinajstić information content (AvgIpc) is 2.92. The molecule has 1 aliphatic heterocycles. The van der Waals surface area contributed by atoms with Gasteiger partial charge in [0.15, 0.2) is 11.5 Å². The van der Waals surface area contributed by atoms with Crippen molar-refractivity contribution in [3.63, 3.8) is 0 Å². The molecule has 7 heteroatoms. The average molecular weight is 511 g/mol. The third-order valence-electron chi connectivity index (χ3n) is 7.34. The summed E-state index contributed by atoms with van der Waals surface area (Å²) in [6.45, 7) is 4.69. The molecule has 0 aliphatic carbocycles. The summed E-state index contributed by atoms with van der Waals surface area (Å²) in [6, 6.07) is 11.0. The van der Waals surface area contributed by atoms with Crippen molar-refractivity contribution in [3.05, 3.63) is 42.0 Å². The van der Waals surface area contributed by atoms with E-state index in [9.17, 15) is 9.59 Å². The van der Waals surface area contributed by atoms with Gasteiger partial charge in [-0.3, -0.25) is 9.59 Å². The molecule has 3 rings (SSSR count). The lowest BCUT2D eigenvalue weighted by Crippen LogP contribution is -2.63. The number of hydrogen-bond donors (Lipinski definition) is 0. The molecule has 2 aromatic carbocycles. The fourth-order valence-electron chi connectivity index (χ4n) is 5.02. The van der Waals surface area contributed by atoms with Gasteiger partial charge >= 0.3 is 0 Å². The minimum absolute atomic E-state index is 0.00428. The van der Waals surface area contributed by atoms with Gasteiger partial charge in [0.25, 0.3) is 0 Å². The number of rotatable bonds is 13. The van der Waals surface area contributed by atoms with E-state index < -0.39 is 12.1 Å². The first-order valence-corrected chi connectivity index (χ1v) is 13.3. The minimum Gasteiger partial charge on any atom is -0.493 e. The van der Waals surface area contributed by atoms with Gasteiger partial charge in [0.2, 0.25) is 17.6 Å². The molecule has 0 aromatic heterocycles. The topological polar surface area (TPSA) is 68.3 Å². The summed E-state index contributed by atoms with van der Waals surface area (Å²) >= 11 is 0. The van der Waals surface area contributed by atoms with Crippen LogP contribution >= 0.6 is 0 Å². The van der Waals surface area contributed by atoms with E-state index in [0.29, 0.717) is 30.2 Å². The van der Waals surface area contributed by atoms with Gasteiger partial charge in [0, 0.05) is 20.0 Å². The van der Waals surface area contributed by atoms with Crippen LogP contribution in [0, 0.1) is 0 Å². The molecule has 0 unspecified atom stereocenters. The lowest BCUT2D eigenvalue weighted by molar-refractivity contribution is -0.159. The standard InChI is InChI=1S/C30H42N2O5/c1-7-8-9-10-11-12-17-32-21(2)29(33)31(3)25(30(32)34)18-22-13-15-23(16-14-22)24-19-26(35-4)28(37-6)27(20-24)36-5/h13-16,19-21,25H,7-12,17-18H2,1-6H3/t21-,25+/m1/s1. The molecule has 0 N–H and O–H groups in total. The molecule has 1 fully saturated rings. The number of unbranched alkanes of at least 4 members (excludes halogenated alkanes) is 5. The second-order valence-electron chi connectivity index (χ2n) is 9.76. The highest BCUT2D eigenvalue weighted by Gasteiger charge is 2.41. The molecule has 7 nitrogen and oxygen atoms in total. The van der Waals surface area contributed by atoms with Crippen LogP contribution in [-0.4, -0.2) is 68.6 Å². The number of benzene rings is 2. The highest BCUT2D eigenvalue weighted by molar-refractivity contribution is 5.96. The molecular formula is C30H42N2O5. The van der Waals surface area contributed by atoms with E-state index >= 15 is 0 Å². The Bertz CT molecular complexity index is 1030. The van der Waals surface area contributed by atoms with Crippen molar-refractivity contribution in [2.75, 3.05) is 34.9 Å². The molecule has 37 heavy (non-hydrogen) atoms. The van der Waals surface area contributed by atoms with Crippen LogP contribution in [0.5, 0.6) is 17.2 Å². The number of methoxy groups -OCH3 is 3. The molecule has 2 atom stereocenters. The lowest BCUT2D eigenvalue weighted by atomic mass is 9.96. The Morgan fingerprint density at radius 1 is 0.784 bits per heavy atom. The first kappa shape index (κ1) is 28.4. The molecule has 2 aromatic rings. The summed E-state index contributed by atoms with van der Waals surface area (Å²) in [4.78, 5) is 29.8. The van der Waals surface area contributed by atoms with Crippen molar-refractivity contribution in [2.45, 2.75) is 70.9 Å². The van der Waals surface area contributed by atoms with Crippen molar-refractivity contribution in [1.82, 2.24) is 9.80 Å². The third kappa shape index (κ3) is 6.56. The number of piperazine rings is 1. The highest BCUT2D eigenvalue weighted by Crippen LogP contribution is 2.41. The molecule has 0 bridgehead atoms. The van der Waals surface area contributed by atoms with E-state index in [1.807, 2.05) is 43.3 Å². The van der Waals surface area contributed by atoms with Crippen molar-refractivity contribution in [3.8, 4) is 28.4 Å². The van der Waals surface area contributed by atoms with Crippen molar-refractivity contribution < 1.29 is 23.8 Å². The number of carbonyl (C=O) groups is 2. The molecular weight excluding hydrogens is 468 g/mol. The van der Waals surface area contributed by atoms with Crippen LogP contribution in [0.2, 0.25) is 0 Å². The number of carbonyl (C=O) groups excluding carboxylic acids is 2. The number of nitrogens with zero attached hydrogens (tertiary/aromatic N) is 2.